The van der Waals surface area contributed by atoms with Gasteiger partial charge in [0.05, 0.1) is 5.02 Å². The van der Waals surface area contributed by atoms with Gasteiger partial charge in [-0.1, -0.05) is 23.7 Å². The third-order valence-electron chi connectivity index (χ3n) is 6.16. The van der Waals surface area contributed by atoms with Crippen LogP contribution in [-0.2, 0) is 9.53 Å². The second-order valence-corrected chi connectivity index (χ2v) is 8.17. The van der Waals surface area contributed by atoms with Gasteiger partial charge in [0.1, 0.15) is 11.9 Å². The molecule has 142 valence electrons. The van der Waals surface area contributed by atoms with Gasteiger partial charge in [0.15, 0.2) is 0 Å². The van der Waals surface area contributed by atoms with Crippen LogP contribution in [0.2, 0.25) is 5.02 Å². The minimum Gasteiger partial charge on any atom is -0.459 e. The third-order valence-corrected chi connectivity index (χ3v) is 6.46. The average Bonchev–Trinajstić information content (AvgIpc) is 2.65. The highest BCUT2D eigenvalue weighted by Crippen LogP contribution is 2.43. The van der Waals surface area contributed by atoms with Crippen molar-refractivity contribution in [2.45, 2.75) is 70.3 Å². The summed E-state index contributed by atoms with van der Waals surface area (Å²) in [5.74, 6) is 1.44. The smallest absolute Gasteiger partial charge is 0.330 e. The summed E-state index contributed by atoms with van der Waals surface area (Å²) < 4.78 is 19.2. The van der Waals surface area contributed by atoms with Crippen molar-refractivity contribution < 1.29 is 13.9 Å². The van der Waals surface area contributed by atoms with Gasteiger partial charge >= 0.3 is 5.97 Å². The zero-order valence-corrected chi connectivity index (χ0v) is 16.2. The zero-order valence-electron chi connectivity index (χ0n) is 15.4. The second-order valence-electron chi connectivity index (χ2n) is 7.76. The molecular formula is C22H28ClFO2. The molecule has 1 aromatic rings. The fourth-order valence-electron chi connectivity index (χ4n) is 4.71. The summed E-state index contributed by atoms with van der Waals surface area (Å²) in [6, 6.07) is 5.26. The van der Waals surface area contributed by atoms with Gasteiger partial charge < -0.3 is 4.74 Å². The molecule has 1 aromatic carbocycles. The lowest BCUT2D eigenvalue weighted by Crippen LogP contribution is -2.29. The van der Waals surface area contributed by atoms with Crippen LogP contribution in [0.5, 0.6) is 0 Å². The van der Waals surface area contributed by atoms with Crippen molar-refractivity contribution in [3.8, 4) is 0 Å². The molecule has 0 amide bonds. The van der Waals surface area contributed by atoms with Crippen molar-refractivity contribution in [2.24, 2.45) is 11.8 Å². The Balaban J connectivity index is 1.45. The van der Waals surface area contributed by atoms with Gasteiger partial charge in [0.2, 0.25) is 0 Å². The van der Waals surface area contributed by atoms with Gasteiger partial charge in [-0.15, -0.1) is 0 Å². The van der Waals surface area contributed by atoms with Gasteiger partial charge in [-0.3, -0.25) is 0 Å². The van der Waals surface area contributed by atoms with E-state index in [4.69, 9.17) is 16.3 Å². The van der Waals surface area contributed by atoms with E-state index in [1.54, 1.807) is 18.2 Å². The lowest BCUT2D eigenvalue weighted by molar-refractivity contribution is -0.145. The summed E-state index contributed by atoms with van der Waals surface area (Å²) in [6.07, 6.45) is 12.2. The molecule has 0 heterocycles. The Hall–Kier alpha value is -1.35. The monoisotopic (exact) mass is 378 g/mol. The number of ether oxygens (including phenoxy) is 1. The average molecular weight is 379 g/mol. The highest BCUT2D eigenvalue weighted by Gasteiger charge is 2.32. The Bertz CT molecular complexity index is 642. The Morgan fingerprint density at radius 2 is 1.69 bits per heavy atom. The van der Waals surface area contributed by atoms with Crippen LogP contribution in [-0.4, -0.2) is 12.1 Å². The van der Waals surface area contributed by atoms with Crippen LogP contribution in [0.15, 0.2) is 30.4 Å². The molecule has 2 aliphatic rings. The number of rotatable bonds is 4. The van der Waals surface area contributed by atoms with Crippen LogP contribution in [0.3, 0.4) is 0 Å². The molecule has 2 aliphatic carbocycles. The van der Waals surface area contributed by atoms with Crippen LogP contribution in [0, 0.1) is 17.7 Å². The first-order valence-corrected chi connectivity index (χ1v) is 10.2. The number of halogens is 2. The summed E-state index contributed by atoms with van der Waals surface area (Å²) in [4.78, 5) is 11.6. The molecule has 2 saturated carbocycles. The molecule has 0 saturated heterocycles. The number of hydrogen-bond donors (Lipinski definition) is 0. The van der Waals surface area contributed by atoms with E-state index in [0.717, 1.165) is 55.9 Å². The number of carbonyl (C=O) groups is 1. The quantitative estimate of drug-likeness (QED) is 0.445. The van der Waals surface area contributed by atoms with E-state index in [1.807, 2.05) is 13.0 Å². The molecule has 0 atom stereocenters. The minimum absolute atomic E-state index is 0.0864. The lowest BCUT2D eigenvalue weighted by atomic mass is 9.69. The first-order chi connectivity index (χ1) is 12.6. The highest BCUT2D eigenvalue weighted by atomic mass is 35.5. The molecule has 0 N–H and O–H groups in total. The summed E-state index contributed by atoms with van der Waals surface area (Å²) in [5.41, 5.74) is 1.09. The number of allylic oxidation sites excluding steroid dienone is 1. The Kier molecular flexibility index (Phi) is 6.74. The Morgan fingerprint density at radius 1 is 1.08 bits per heavy atom. The molecule has 0 bridgehead atoms. The van der Waals surface area contributed by atoms with Gasteiger partial charge in [-0.05, 0) is 93.7 Å². The molecular weight excluding hydrogens is 351 g/mol. The molecule has 0 unspecified atom stereocenters. The van der Waals surface area contributed by atoms with E-state index < -0.39 is 0 Å². The van der Waals surface area contributed by atoms with E-state index >= 15 is 0 Å². The van der Waals surface area contributed by atoms with E-state index in [0.29, 0.717) is 5.92 Å². The van der Waals surface area contributed by atoms with Crippen LogP contribution >= 0.6 is 11.6 Å². The van der Waals surface area contributed by atoms with Crippen molar-refractivity contribution >= 4 is 17.6 Å². The highest BCUT2D eigenvalue weighted by molar-refractivity contribution is 6.30. The number of carbonyl (C=O) groups excluding carboxylic acids is 1. The van der Waals surface area contributed by atoms with E-state index in [-0.39, 0.29) is 22.9 Å². The van der Waals surface area contributed by atoms with Gasteiger partial charge in [0.25, 0.3) is 0 Å². The van der Waals surface area contributed by atoms with Crippen molar-refractivity contribution in [1.82, 2.24) is 0 Å². The molecule has 0 radical (unpaired) electrons. The van der Waals surface area contributed by atoms with Gasteiger partial charge in [-0.2, -0.15) is 0 Å². The molecule has 0 aromatic heterocycles. The molecule has 4 heteroatoms. The summed E-state index contributed by atoms with van der Waals surface area (Å²) in [5, 5.41) is 0.203. The van der Waals surface area contributed by atoms with Crippen molar-refractivity contribution in [1.29, 1.82) is 0 Å². The van der Waals surface area contributed by atoms with E-state index in [1.165, 1.54) is 18.9 Å². The lowest BCUT2D eigenvalue weighted by Gasteiger charge is -2.37. The van der Waals surface area contributed by atoms with E-state index in [2.05, 4.69) is 0 Å². The molecule has 26 heavy (non-hydrogen) atoms. The molecule has 3 rings (SSSR count). The molecule has 0 aliphatic heterocycles. The molecule has 0 spiro atoms. The summed E-state index contributed by atoms with van der Waals surface area (Å²) in [6.45, 7) is 1.83. The number of benzene rings is 1. The normalized spacial score (nSPS) is 29.7. The minimum atomic E-state index is -0.308. The number of esters is 1. The van der Waals surface area contributed by atoms with Crippen molar-refractivity contribution in [2.75, 3.05) is 0 Å². The second kappa shape index (κ2) is 9.03. The molecule has 2 fully saturated rings. The predicted molar refractivity (Wildman–Crippen MR) is 103 cm³/mol. The fraction of sp³-hybridized carbons (Fsp3) is 0.591. The maximum Gasteiger partial charge on any atom is 0.330 e. The van der Waals surface area contributed by atoms with E-state index in [9.17, 15) is 9.18 Å². The summed E-state index contributed by atoms with van der Waals surface area (Å²) >= 11 is 5.80. The van der Waals surface area contributed by atoms with Crippen molar-refractivity contribution in [3.63, 3.8) is 0 Å². The fourth-order valence-corrected chi connectivity index (χ4v) is 4.83. The first-order valence-electron chi connectivity index (χ1n) is 9.85. The maximum absolute atomic E-state index is 13.7. The maximum atomic E-state index is 13.7. The topological polar surface area (TPSA) is 26.3 Å². The van der Waals surface area contributed by atoms with Gasteiger partial charge in [0, 0.05) is 6.08 Å². The number of hydrogen-bond acceptors (Lipinski definition) is 2. The van der Waals surface area contributed by atoms with Crippen LogP contribution in [0.4, 0.5) is 4.39 Å². The SMILES string of the molecule is C/C=C/C(=O)OC1CCC(C2CCC(c3ccc(Cl)c(F)c3)CC2)CC1. The Morgan fingerprint density at radius 3 is 2.27 bits per heavy atom. The predicted octanol–water partition coefficient (Wildman–Crippen LogP) is 6.43. The van der Waals surface area contributed by atoms with Crippen LogP contribution < -0.4 is 0 Å². The van der Waals surface area contributed by atoms with Crippen LogP contribution in [0.1, 0.15) is 69.8 Å². The summed E-state index contributed by atoms with van der Waals surface area (Å²) in [7, 11) is 0. The molecule has 2 nitrogen and oxygen atoms in total. The van der Waals surface area contributed by atoms with Crippen LogP contribution in [0.25, 0.3) is 0 Å². The third kappa shape index (κ3) is 4.88. The van der Waals surface area contributed by atoms with Gasteiger partial charge in [-0.25, -0.2) is 9.18 Å². The largest absolute Gasteiger partial charge is 0.459 e. The van der Waals surface area contributed by atoms with Crippen molar-refractivity contribution in [3.05, 3.63) is 46.8 Å². The first kappa shape index (κ1) is 19.4. The standard InChI is InChI=1S/C22H28ClFO2/c1-2-3-22(25)26-19-11-8-16(9-12-19)15-4-6-17(7-5-15)18-10-13-20(23)21(24)14-18/h2-3,10,13-17,19H,4-9,11-12H2,1H3/b3-2+. The zero-order chi connectivity index (χ0) is 18.5. The Labute approximate surface area is 160 Å².